The molecule has 118 valence electrons. The van der Waals surface area contributed by atoms with Gasteiger partial charge in [0.15, 0.2) is 11.3 Å². The molecule has 1 N–H and O–H groups in total. The largest absolute Gasteiger partial charge is 0.477 e. The molecule has 0 amide bonds. The van der Waals surface area contributed by atoms with Crippen molar-refractivity contribution in [3.05, 3.63) is 47.2 Å². The molecule has 1 aromatic carbocycles. The van der Waals surface area contributed by atoms with Crippen molar-refractivity contribution in [2.45, 2.75) is 6.61 Å². The highest BCUT2D eigenvalue weighted by atomic mass is 35.5. The summed E-state index contributed by atoms with van der Waals surface area (Å²) in [6, 6.07) is 7.06. The molecule has 0 aliphatic heterocycles. The summed E-state index contributed by atoms with van der Waals surface area (Å²) in [5.74, 6) is -1.28. The first-order chi connectivity index (χ1) is 11.0. The molecular formula is C14H8ClF2N3O3. The number of benzene rings is 1. The summed E-state index contributed by atoms with van der Waals surface area (Å²) in [7, 11) is 0. The fourth-order valence-corrected chi connectivity index (χ4v) is 2.23. The monoisotopic (exact) mass is 339 g/mol. The second kappa shape index (κ2) is 5.81. The first-order valence-electron chi connectivity index (χ1n) is 6.28. The summed E-state index contributed by atoms with van der Waals surface area (Å²) < 4.78 is 30.0. The molecule has 6 nitrogen and oxygen atoms in total. The standard InChI is InChI=1S/C14H8ClF2N3O3/c15-9-6-18-20-11(13(21)22)5-10(19-12(9)20)7-2-1-3-8(4-7)23-14(16)17/h1-6,14H,(H,21,22). The van der Waals surface area contributed by atoms with E-state index in [1.165, 1.54) is 30.5 Å². The van der Waals surface area contributed by atoms with Crippen molar-refractivity contribution < 1.29 is 23.4 Å². The Labute approximate surface area is 132 Å². The molecule has 3 rings (SSSR count). The second-order valence-corrected chi connectivity index (χ2v) is 4.87. The van der Waals surface area contributed by atoms with E-state index in [0.29, 0.717) is 5.56 Å². The molecule has 3 aromatic rings. The van der Waals surface area contributed by atoms with Gasteiger partial charge >= 0.3 is 12.6 Å². The van der Waals surface area contributed by atoms with Crippen LogP contribution in [0.1, 0.15) is 10.5 Å². The molecule has 9 heteroatoms. The number of nitrogens with zero attached hydrogens (tertiary/aromatic N) is 3. The molecule has 0 radical (unpaired) electrons. The van der Waals surface area contributed by atoms with Crippen molar-refractivity contribution in [3.63, 3.8) is 0 Å². The second-order valence-electron chi connectivity index (χ2n) is 4.47. The van der Waals surface area contributed by atoms with Crippen LogP contribution < -0.4 is 4.74 Å². The Kier molecular flexibility index (Phi) is 3.83. The first kappa shape index (κ1) is 15.2. The van der Waals surface area contributed by atoms with Crippen molar-refractivity contribution in [1.29, 1.82) is 0 Å². The van der Waals surface area contributed by atoms with Gasteiger partial charge in [0, 0.05) is 5.56 Å². The molecule has 0 saturated heterocycles. The predicted octanol–water partition coefficient (Wildman–Crippen LogP) is 3.35. The molecule has 0 aliphatic rings. The van der Waals surface area contributed by atoms with Crippen molar-refractivity contribution in [1.82, 2.24) is 14.6 Å². The number of fused-ring (bicyclic) bond motifs is 1. The van der Waals surface area contributed by atoms with Crippen LogP contribution in [-0.2, 0) is 0 Å². The number of aromatic nitrogens is 3. The Hall–Kier alpha value is -2.74. The van der Waals surface area contributed by atoms with E-state index in [2.05, 4.69) is 14.8 Å². The van der Waals surface area contributed by atoms with Gasteiger partial charge in [-0.2, -0.15) is 13.9 Å². The normalized spacial score (nSPS) is 11.1. The van der Waals surface area contributed by atoms with Gasteiger partial charge in [-0.1, -0.05) is 23.7 Å². The Bertz CT molecular complexity index is 898. The molecule has 0 unspecified atom stereocenters. The van der Waals surface area contributed by atoms with Crippen molar-refractivity contribution in [3.8, 4) is 17.0 Å². The summed E-state index contributed by atoms with van der Waals surface area (Å²) in [5.41, 5.74) is 0.654. The molecule has 0 atom stereocenters. The van der Waals surface area contributed by atoms with Crippen LogP contribution in [0.2, 0.25) is 5.02 Å². The van der Waals surface area contributed by atoms with Gasteiger partial charge < -0.3 is 9.84 Å². The number of aromatic carboxylic acids is 1. The van der Waals surface area contributed by atoms with Gasteiger partial charge in [-0.25, -0.2) is 14.3 Å². The molecule has 0 spiro atoms. The Morgan fingerprint density at radius 1 is 1.35 bits per heavy atom. The van der Waals surface area contributed by atoms with E-state index in [1.807, 2.05) is 0 Å². The maximum absolute atomic E-state index is 12.3. The highest BCUT2D eigenvalue weighted by Crippen LogP contribution is 2.26. The summed E-state index contributed by atoms with van der Waals surface area (Å²) in [6.45, 7) is -2.96. The zero-order valence-electron chi connectivity index (χ0n) is 11.3. The number of hydrogen-bond acceptors (Lipinski definition) is 4. The van der Waals surface area contributed by atoms with Crippen molar-refractivity contribution in [2.24, 2.45) is 0 Å². The molecule has 0 fully saturated rings. The Balaban J connectivity index is 2.16. The van der Waals surface area contributed by atoms with Gasteiger partial charge in [-0.05, 0) is 18.2 Å². The van der Waals surface area contributed by atoms with E-state index in [1.54, 1.807) is 6.07 Å². The van der Waals surface area contributed by atoms with E-state index in [9.17, 15) is 18.7 Å². The third-order valence-electron chi connectivity index (χ3n) is 3.00. The lowest BCUT2D eigenvalue weighted by atomic mass is 10.1. The number of carbonyl (C=O) groups is 1. The third-order valence-corrected chi connectivity index (χ3v) is 3.27. The van der Waals surface area contributed by atoms with E-state index in [-0.39, 0.29) is 27.8 Å². The minimum Gasteiger partial charge on any atom is -0.477 e. The summed E-state index contributed by atoms with van der Waals surface area (Å²) in [4.78, 5) is 15.6. The quantitative estimate of drug-likeness (QED) is 0.788. The molecule has 2 aromatic heterocycles. The van der Waals surface area contributed by atoms with E-state index < -0.39 is 12.6 Å². The predicted molar refractivity (Wildman–Crippen MR) is 77.0 cm³/mol. The van der Waals surface area contributed by atoms with Gasteiger partial charge in [-0.15, -0.1) is 0 Å². The minimum atomic E-state index is -2.96. The van der Waals surface area contributed by atoms with E-state index >= 15 is 0 Å². The molecular weight excluding hydrogens is 332 g/mol. The summed E-state index contributed by atoms with van der Waals surface area (Å²) >= 11 is 5.95. The molecule has 0 aliphatic carbocycles. The molecule has 23 heavy (non-hydrogen) atoms. The van der Waals surface area contributed by atoms with Crippen LogP contribution in [0.5, 0.6) is 5.75 Å². The smallest absolute Gasteiger partial charge is 0.387 e. The number of alkyl halides is 2. The Morgan fingerprint density at radius 2 is 2.13 bits per heavy atom. The van der Waals surface area contributed by atoms with Crippen LogP contribution in [0.3, 0.4) is 0 Å². The van der Waals surface area contributed by atoms with Crippen LogP contribution in [0.25, 0.3) is 16.9 Å². The Morgan fingerprint density at radius 3 is 2.83 bits per heavy atom. The number of rotatable bonds is 4. The number of hydrogen-bond donors (Lipinski definition) is 1. The SMILES string of the molecule is O=C(O)c1cc(-c2cccc(OC(F)F)c2)nc2c(Cl)cnn12. The number of ether oxygens (including phenoxy) is 1. The maximum Gasteiger partial charge on any atom is 0.387 e. The molecule has 0 saturated carbocycles. The van der Waals surface area contributed by atoms with Gasteiger partial charge in [0.2, 0.25) is 0 Å². The van der Waals surface area contributed by atoms with Crippen LogP contribution in [-0.4, -0.2) is 32.3 Å². The lowest BCUT2D eigenvalue weighted by Gasteiger charge is -2.08. The minimum absolute atomic E-state index is 0.0596. The van der Waals surface area contributed by atoms with E-state index in [0.717, 1.165) is 4.52 Å². The number of carboxylic acid groups (broad SMARTS) is 1. The van der Waals surface area contributed by atoms with Gasteiger partial charge in [-0.3, -0.25) is 0 Å². The molecule has 0 bridgehead atoms. The zero-order valence-corrected chi connectivity index (χ0v) is 12.0. The lowest BCUT2D eigenvalue weighted by Crippen LogP contribution is -2.08. The van der Waals surface area contributed by atoms with Gasteiger partial charge in [0.25, 0.3) is 0 Å². The number of halogens is 3. The highest BCUT2D eigenvalue weighted by molar-refractivity contribution is 6.33. The van der Waals surface area contributed by atoms with Crippen molar-refractivity contribution in [2.75, 3.05) is 0 Å². The zero-order chi connectivity index (χ0) is 16.6. The van der Waals surface area contributed by atoms with Crippen LogP contribution in [0, 0.1) is 0 Å². The average molecular weight is 340 g/mol. The van der Waals surface area contributed by atoms with Crippen LogP contribution in [0.15, 0.2) is 36.5 Å². The van der Waals surface area contributed by atoms with Gasteiger partial charge in [0.1, 0.15) is 10.8 Å². The average Bonchev–Trinajstić information content (AvgIpc) is 2.87. The third kappa shape index (κ3) is 2.93. The maximum atomic E-state index is 12.3. The summed E-state index contributed by atoms with van der Waals surface area (Å²) in [5, 5.41) is 13.3. The van der Waals surface area contributed by atoms with Crippen LogP contribution >= 0.6 is 11.6 Å². The summed E-state index contributed by atoms with van der Waals surface area (Å²) in [6.07, 6.45) is 1.27. The van der Waals surface area contributed by atoms with Crippen molar-refractivity contribution >= 4 is 23.2 Å². The van der Waals surface area contributed by atoms with E-state index in [4.69, 9.17) is 11.6 Å². The van der Waals surface area contributed by atoms with Gasteiger partial charge in [0.05, 0.1) is 11.9 Å². The highest BCUT2D eigenvalue weighted by Gasteiger charge is 2.16. The fraction of sp³-hybridized carbons (Fsp3) is 0.0714. The topological polar surface area (TPSA) is 76.7 Å². The fourth-order valence-electron chi connectivity index (χ4n) is 2.07. The first-order valence-corrected chi connectivity index (χ1v) is 6.66. The van der Waals surface area contributed by atoms with Crippen LogP contribution in [0.4, 0.5) is 8.78 Å². The molecule has 2 heterocycles. The lowest BCUT2D eigenvalue weighted by molar-refractivity contribution is -0.0498. The number of carboxylic acids is 1.